The summed E-state index contributed by atoms with van der Waals surface area (Å²) in [4.78, 5) is 18.5. The SMILES string of the molecule is O=C(CCn1ccnn1)Nc1ccc(N2CCNCC2)cn1. The van der Waals surface area contributed by atoms with Crippen LogP contribution in [0.25, 0.3) is 0 Å². The molecule has 1 saturated heterocycles. The number of nitrogens with zero attached hydrogens (tertiary/aromatic N) is 5. The van der Waals surface area contributed by atoms with E-state index in [1.807, 2.05) is 12.1 Å². The summed E-state index contributed by atoms with van der Waals surface area (Å²) in [5, 5.41) is 13.6. The molecule has 0 atom stereocenters. The molecule has 3 rings (SSSR count). The third-order valence-corrected chi connectivity index (χ3v) is 3.54. The van der Waals surface area contributed by atoms with Crippen molar-refractivity contribution in [1.82, 2.24) is 25.3 Å². The van der Waals surface area contributed by atoms with E-state index in [0.717, 1.165) is 31.9 Å². The van der Waals surface area contributed by atoms with E-state index in [1.54, 1.807) is 23.3 Å². The number of aryl methyl sites for hydroxylation is 1. The predicted molar refractivity (Wildman–Crippen MR) is 82.6 cm³/mol. The molecular formula is C14H19N7O. The van der Waals surface area contributed by atoms with E-state index in [9.17, 15) is 4.79 Å². The molecule has 2 N–H and O–H groups in total. The maximum atomic E-state index is 11.9. The van der Waals surface area contributed by atoms with Crippen molar-refractivity contribution in [3.8, 4) is 0 Å². The third kappa shape index (κ3) is 3.79. The zero-order chi connectivity index (χ0) is 15.2. The number of aromatic nitrogens is 4. The summed E-state index contributed by atoms with van der Waals surface area (Å²) in [5.41, 5.74) is 1.09. The molecule has 0 aromatic carbocycles. The summed E-state index contributed by atoms with van der Waals surface area (Å²) < 4.78 is 1.63. The van der Waals surface area contributed by atoms with Crippen LogP contribution in [0.15, 0.2) is 30.7 Å². The Morgan fingerprint density at radius 2 is 2.18 bits per heavy atom. The first-order valence-electron chi connectivity index (χ1n) is 7.37. The summed E-state index contributed by atoms with van der Waals surface area (Å²) in [6.07, 6.45) is 5.46. The maximum absolute atomic E-state index is 11.9. The minimum Gasteiger partial charge on any atom is -0.368 e. The van der Waals surface area contributed by atoms with Crippen LogP contribution in [-0.4, -0.2) is 52.1 Å². The number of anilines is 2. The van der Waals surface area contributed by atoms with Gasteiger partial charge in [-0.1, -0.05) is 5.21 Å². The second-order valence-electron chi connectivity index (χ2n) is 5.10. The fourth-order valence-electron chi connectivity index (χ4n) is 2.34. The molecule has 1 aliphatic rings. The zero-order valence-corrected chi connectivity index (χ0v) is 12.3. The fourth-order valence-corrected chi connectivity index (χ4v) is 2.34. The van der Waals surface area contributed by atoms with Crippen LogP contribution in [0.2, 0.25) is 0 Å². The molecule has 2 aromatic heterocycles. The van der Waals surface area contributed by atoms with Crippen LogP contribution in [0.3, 0.4) is 0 Å². The third-order valence-electron chi connectivity index (χ3n) is 3.54. The molecule has 0 saturated carbocycles. The lowest BCUT2D eigenvalue weighted by molar-refractivity contribution is -0.116. The number of pyridine rings is 1. The molecule has 0 radical (unpaired) electrons. The Balaban J connectivity index is 1.50. The smallest absolute Gasteiger partial charge is 0.227 e. The first kappa shape index (κ1) is 14.5. The van der Waals surface area contributed by atoms with Gasteiger partial charge in [-0.2, -0.15) is 0 Å². The maximum Gasteiger partial charge on any atom is 0.227 e. The highest BCUT2D eigenvalue weighted by Gasteiger charge is 2.11. The van der Waals surface area contributed by atoms with Crippen molar-refractivity contribution in [2.75, 3.05) is 36.4 Å². The van der Waals surface area contributed by atoms with Crippen LogP contribution in [0, 0.1) is 0 Å². The van der Waals surface area contributed by atoms with E-state index in [2.05, 4.69) is 30.8 Å². The van der Waals surface area contributed by atoms with E-state index < -0.39 is 0 Å². The summed E-state index contributed by atoms with van der Waals surface area (Å²) in [5.74, 6) is 0.486. The summed E-state index contributed by atoms with van der Waals surface area (Å²) >= 11 is 0. The number of carbonyl (C=O) groups excluding carboxylic acids is 1. The van der Waals surface area contributed by atoms with E-state index in [1.165, 1.54) is 0 Å². The topological polar surface area (TPSA) is 88.0 Å². The van der Waals surface area contributed by atoms with Gasteiger partial charge >= 0.3 is 0 Å². The van der Waals surface area contributed by atoms with E-state index in [-0.39, 0.29) is 5.91 Å². The van der Waals surface area contributed by atoms with Crippen molar-refractivity contribution in [2.24, 2.45) is 0 Å². The molecule has 8 nitrogen and oxygen atoms in total. The van der Waals surface area contributed by atoms with E-state index in [0.29, 0.717) is 18.8 Å². The Morgan fingerprint density at radius 3 is 2.86 bits per heavy atom. The molecule has 3 heterocycles. The van der Waals surface area contributed by atoms with Crippen LogP contribution >= 0.6 is 0 Å². The quantitative estimate of drug-likeness (QED) is 0.815. The molecule has 22 heavy (non-hydrogen) atoms. The molecular weight excluding hydrogens is 282 g/mol. The second kappa shape index (κ2) is 6.99. The number of amides is 1. The molecule has 0 spiro atoms. The number of hydrogen-bond donors (Lipinski definition) is 2. The van der Waals surface area contributed by atoms with Crippen LogP contribution < -0.4 is 15.5 Å². The molecule has 0 bridgehead atoms. The number of carbonyl (C=O) groups is 1. The molecule has 0 aliphatic carbocycles. The van der Waals surface area contributed by atoms with Crippen LogP contribution in [0.1, 0.15) is 6.42 Å². The molecule has 0 unspecified atom stereocenters. The number of piperazine rings is 1. The van der Waals surface area contributed by atoms with Gasteiger partial charge in [-0.25, -0.2) is 4.98 Å². The average Bonchev–Trinajstić information content (AvgIpc) is 3.08. The van der Waals surface area contributed by atoms with Crippen LogP contribution in [0.5, 0.6) is 0 Å². The molecule has 1 aliphatic heterocycles. The van der Waals surface area contributed by atoms with Crippen molar-refractivity contribution < 1.29 is 4.79 Å². The average molecular weight is 301 g/mol. The lowest BCUT2D eigenvalue weighted by Crippen LogP contribution is -2.43. The van der Waals surface area contributed by atoms with E-state index >= 15 is 0 Å². The van der Waals surface area contributed by atoms with Gasteiger partial charge in [0.15, 0.2) is 0 Å². The monoisotopic (exact) mass is 301 g/mol. The van der Waals surface area contributed by atoms with Crippen molar-refractivity contribution >= 4 is 17.4 Å². The number of nitrogens with one attached hydrogen (secondary N) is 2. The number of rotatable bonds is 5. The Labute approximate surface area is 128 Å². The van der Waals surface area contributed by atoms with Gasteiger partial charge in [0, 0.05) is 38.8 Å². The summed E-state index contributed by atoms with van der Waals surface area (Å²) in [7, 11) is 0. The second-order valence-corrected chi connectivity index (χ2v) is 5.10. The Bertz CT molecular complexity index is 590. The molecule has 1 amide bonds. The van der Waals surface area contributed by atoms with Crippen LogP contribution in [-0.2, 0) is 11.3 Å². The van der Waals surface area contributed by atoms with Crippen molar-refractivity contribution in [2.45, 2.75) is 13.0 Å². The summed E-state index contributed by atoms with van der Waals surface area (Å²) in [6.45, 7) is 4.43. The van der Waals surface area contributed by atoms with E-state index in [4.69, 9.17) is 0 Å². The number of hydrogen-bond acceptors (Lipinski definition) is 6. The van der Waals surface area contributed by atoms with Crippen LogP contribution in [0.4, 0.5) is 11.5 Å². The Kier molecular flexibility index (Phi) is 4.59. The van der Waals surface area contributed by atoms with Gasteiger partial charge < -0.3 is 15.5 Å². The van der Waals surface area contributed by atoms with Crippen molar-refractivity contribution in [1.29, 1.82) is 0 Å². The van der Waals surface area contributed by atoms with Gasteiger partial charge in [0.1, 0.15) is 5.82 Å². The van der Waals surface area contributed by atoms with Gasteiger partial charge in [-0.15, -0.1) is 5.10 Å². The highest BCUT2D eigenvalue weighted by Crippen LogP contribution is 2.15. The first-order chi connectivity index (χ1) is 10.8. The minimum atomic E-state index is -0.0853. The normalized spacial score (nSPS) is 14.8. The standard InChI is InChI=1S/C14H19N7O/c22-14(3-7-21-10-6-17-19-21)18-13-2-1-12(11-16-13)20-8-4-15-5-9-20/h1-2,6,10-11,15H,3-5,7-9H2,(H,16,18,22). The highest BCUT2D eigenvalue weighted by molar-refractivity contribution is 5.89. The largest absolute Gasteiger partial charge is 0.368 e. The van der Waals surface area contributed by atoms with Gasteiger partial charge in [0.2, 0.25) is 5.91 Å². The molecule has 8 heteroatoms. The highest BCUT2D eigenvalue weighted by atomic mass is 16.1. The Morgan fingerprint density at radius 1 is 1.32 bits per heavy atom. The van der Waals surface area contributed by atoms with Gasteiger partial charge in [0.25, 0.3) is 0 Å². The lowest BCUT2D eigenvalue weighted by atomic mass is 10.3. The van der Waals surface area contributed by atoms with Crippen molar-refractivity contribution in [3.63, 3.8) is 0 Å². The molecule has 2 aromatic rings. The summed E-state index contributed by atoms with van der Waals surface area (Å²) in [6, 6.07) is 3.83. The minimum absolute atomic E-state index is 0.0853. The molecule has 116 valence electrons. The van der Waals surface area contributed by atoms with Crippen molar-refractivity contribution in [3.05, 3.63) is 30.7 Å². The van der Waals surface area contributed by atoms with Gasteiger partial charge in [-0.3, -0.25) is 9.48 Å². The molecule has 1 fully saturated rings. The van der Waals surface area contributed by atoms with Gasteiger partial charge in [-0.05, 0) is 12.1 Å². The Hall–Kier alpha value is -2.48. The predicted octanol–water partition coefficient (Wildman–Crippen LogP) is 0.111. The fraction of sp³-hybridized carbons (Fsp3) is 0.429. The zero-order valence-electron chi connectivity index (χ0n) is 12.3. The lowest BCUT2D eigenvalue weighted by Gasteiger charge is -2.29. The first-order valence-corrected chi connectivity index (χ1v) is 7.37. The van der Waals surface area contributed by atoms with Gasteiger partial charge in [0.05, 0.1) is 24.6 Å².